The summed E-state index contributed by atoms with van der Waals surface area (Å²) in [5.41, 5.74) is 2.21. The maximum Gasteiger partial charge on any atom is 0.154 e. The number of rotatable bonds is 1. The second-order valence-corrected chi connectivity index (χ2v) is 5.35. The largest absolute Gasteiger partial charge is 0.352 e. The fourth-order valence-electron chi connectivity index (χ4n) is 3.44. The SMILES string of the molecule is Cc1cc2c(N3CC4CCC3C4)nccn2n1. The normalized spacial score (nSPS) is 27.2. The lowest BCUT2D eigenvalue weighted by molar-refractivity contribution is 0.551. The second-order valence-electron chi connectivity index (χ2n) is 5.35. The molecule has 2 unspecified atom stereocenters. The highest BCUT2D eigenvalue weighted by atomic mass is 15.3. The Morgan fingerprint density at radius 1 is 1.35 bits per heavy atom. The summed E-state index contributed by atoms with van der Waals surface area (Å²) in [6.07, 6.45) is 7.89. The van der Waals surface area contributed by atoms with Crippen molar-refractivity contribution >= 4 is 11.3 Å². The van der Waals surface area contributed by atoms with Crippen LogP contribution in [0.1, 0.15) is 25.0 Å². The Balaban J connectivity index is 1.85. The first-order valence-corrected chi connectivity index (χ1v) is 6.39. The predicted molar refractivity (Wildman–Crippen MR) is 66.2 cm³/mol. The van der Waals surface area contributed by atoms with Gasteiger partial charge in [0.15, 0.2) is 5.82 Å². The Morgan fingerprint density at radius 2 is 2.29 bits per heavy atom. The van der Waals surface area contributed by atoms with Crippen molar-refractivity contribution in [1.29, 1.82) is 0 Å². The van der Waals surface area contributed by atoms with Crippen molar-refractivity contribution in [3.63, 3.8) is 0 Å². The zero-order valence-electron chi connectivity index (χ0n) is 10.0. The second kappa shape index (κ2) is 3.22. The molecular weight excluding hydrogens is 212 g/mol. The molecule has 2 aromatic heterocycles. The van der Waals surface area contributed by atoms with E-state index < -0.39 is 0 Å². The van der Waals surface area contributed by atoms with Gasteiger partial charge in [-0.1, -0.05) is 0 Å². The minimum atomic E-state index is 0.717. The first-order chi connectivity index (χ1) is 8.31. The highest BCUT2D eigenvalue weighted by molar-refractivity contribution is 5.70. The third kappa shape index (κ3) is 1.30. The molecule has 3 heterocycles. The number of aryl methyl sites for hydroxylation is 1. The number of hydrogen-bond donors (Lipinski definition) is 0. The van der Waals surface area contributed by atoms with Crippen LogP contribution in [0.4, 0.5) is 5.82 Å². The lowest BCUT2D eigenvalue weighted by atomic mass is 10.1. The van der Waals surface area contributed by atoms with Gasteiger partial charge in [-0.25, -0.2) is 9.50 Å². The van der Waals surface area contributed by atoms with E-state index in [4.69, 9.17) is 0 Å². The van der Waals surface area contributed by atoms with Crippen molar-refractivity contribution in [3.05, 3.63) is 24.2 Å². The monoisotopic (exact) mass is 228 g/mol. The van der Waals surface area contributed by atoms with E-state index in [1.165, 1.54) is 25.8 Å². The van der Waals surface area contributed by atoms with E-state index in [1.54, 1.807) is 0 Å². The lowest BCUT2D eigenvalue weighted by Gasteiger charge is -2.28. The molecule has 4 rings (SSSR count). The average molecular weight is 228 g/mol. The van der Waals surface area contributed by atoms with Crippen LogP contribution >= 0.6 is 0 Å². The van der Waals surface area contributed by atoms with E-state index in [-0.39, 0.29) is 0 Å². The molecule has 0 aromatic carbocycles. The Labute approximate surface area is 100 Å². The summed E-state index contributed by atoms with van der Waals surface area (Å²) in [6.45, 7) is 3.22. The average Bonchev–Trinajstić information content (AvgIpc) is 3.00. The summed E-state index contributed by atoms with van der Waals surface area (Å²) in [7, 11) is 0. The van der Waals surface area contributed by atoms with E-state index in [9.17, 15) is 0 Å². The molecule has 4 heteroatoms. The van der Waals surface area contributed by atoms with E-state index in [2.05, 4.69) is 21.0 Å². The Hall–Kier alpha value is -1.58. The number of anilines is 1. The van der Waals surface area contributed by atoms with Crippen LogP contribution < -0.4 is 4.90 Å². The predicted octanol–water partition coefficient (Wildman–Crippen LogP) is 2.03. The molecule has 2 bridgehead atoms. The van der Waals surface area contributed by atoms with Crippen LogP contribution in [0.15, 0.2) is 18.5 Å². The Bertz CT molecular complexity index is 574. The quantitative estimate of drug-likeness (QED) is 0.748. The van der Waals surface area contributed by atoms with Gasteiger partial charge in [-0.2, -0.15) is 5.10 Å². The Kier molecular flexibility index (Phi) is 1.79. The van der Waals surface area contributed by atoms with E-state index in [0.717, 1.165) is 22.9 Å². The Morgan fingerprint density at radius 3 is 3.06 bits per heavy atom. The minimum Gasteiger partial charge on any atom is -0.352 e. The van der Waals surface area contributed by atoms with Crippen molar-refractivity contribution in [1.82, 2.24) is 14.6 Å². The van der Waals surface area contributed by atoms with Crippen molar-refractivity contribution < 1.29 is 0 Å². The smallest absolute Gasteiger partial charge is 0.154 e. The first-order valence-electron chi connectivity index (χ1n) is 6.39. The summed E-state index contributed by atoms with van der Waals surface area (Å²) in [4.78, 5) is 7.08. The van der Waals surface area contributed by atoms with E-state index >= 15 is 0 Å². The van der Waals surface area contributed by atoms with Gasteiger partial charge in [0.05, 0.1) is 5.69 Å². The van der Waals surface area contributed by atoms with Crippen molar-refractivity contribution in [2.75, 3.05) is 11.4 Å². The summed E-state index contributed by atoms with van der Waals surface area (Å²) < 4.78 is 1.95. The van der Waals surface area contributed by atoms with Gasteiger partial charge in [0.2, 0.25) is 0 Å². The van der Waals surface area contributed by atoms with Crippen molar-refractivity contribution in [2.45, 2.75) is 32.2 Å². The molecule has 0 amide bonds. The first kappa shape index (κ1) is 9.45. The topological polar surface area (TPSA) is 33.4 Å². The van der Waals surface area contributed by atoms with Crippen LogP contribution in [0.5, 0.6) is 0 Å². The van der Waals surface area contributed by atoms with Gasteiger partial charge in [0.1, 0.15) is 5.52 Å². The molecule has 2 aliphatic rings. The summed E-state index contributed by atoms with van der Waals surface area (Å²) in [5, 5.41) is 4.46. The number of piperidine rings is 1. The molecule has 0 N–H and O–H groups in total. The van der Waals surface area contributed by atoms with Gasteiger partial charge >= 0.3 is 0 Å². The molecule has 1 saturated carbocycles. The van der Waals surface area contributed by atoms with Gasteiger partial charge in [-0.15, -0.1) is 0 Å². The molecular formula is C13H16N4. The van der Waals surface area contributed by atoms with Gasteiger partial charge in [-0.3, -0.25) is 0 Å². The maximum absolute atomic E-state index is 4.59. The number of fused-ring (bicyclic) bond motifs is 3. The van der Waals surface area contributed by atoms with Crippen LogP contribution in [0.3, 0.4) is 0 Å². The molecule has 2 aromatic rings. The third-order valence-electron chi connectivity index (χ3n) is 4.17. The molecule has 1 saturated heterocycles. The summed E-state index contributed by atoms with van der Waals surface area (Å²) in [5.74, 6) is 2.02. The molecule has 1 aliphatic heterocycles. The third-order valence-corrected chi connectivity index (χ3v) is 4.17. The van der Waals surface area contributed by atoms with Crippen LogP contribution in [-0.4, -0.2) is 27.2 Å². The fraction of sp³-hybridized carbons (Fsp3) is 0.538. The molecule has 0 radical (unpaired) electrons. The van der Waals surface area contributed by atoms with E-state index in [0.29, 0.717) is 6.04 Å². The standard InChI is InChI=1S/C13H16N4/c1-9-6-12-13(14-4-5-17(12)15-9)16-8-10-2-3-11(16)7-10/h4-6,10-11H,2-3,7-8H2,1H3. The maximum atomic E-state index is 4.59. The molecule has 2 fully saturated rings. The van der Waals surface area contributed by atoms with Gasteiger partial charge in [-0.05, 0) is 38.2 Å². The fourth-order valence-corrected chi connectivity index (χ4v) is 3.44. The molecule has 17 heavy (non-hydrogen) atoms. The lowest BCUT2D eigenvalue weighted by Crippen LogP contribution is -2.32. The van der Waals surface area contributed by atoms with Crippen LogP contribution in [-0.2, 0) is 0 Å². The zero-order valence-corrected chi connectivity index (χ0v) is 10.0. The van der Waals surface area contributed by atoms with Crippen molar-refractivity contribution in [2.24, 2.45) is 5.92 Å². The van der Waals surface area contributed by atoms with Gasteiger partial charge < -0.3 is 4.90 Å². The van der Waals surface area contributed by atoms with E-state index in [1.807, 2.05) is 23.8 Å². The molecule has 1 aliphatic carbocycles. The van der Waals surface area contributed by atoms with Crippen LogP contribution in [0.25, 0.3) is 5.52 Å². The molecule has 2 atom stereocenters. The summed E-state index contributed by atoms with van der Waals surface area (Å²) in [6, 6.07) is 2.85. The number of aromatic nitrogens is 3. The zero-order chi connectivity index (χ0) is 11.4. The summed E-state index contributed by atoms with van der Waals surface area (Å²) >= 11 is 0. The van der Waals surface area contributed by atoms with Crippen LogP contribution in [0, 0.1) is 12.8 Å². The molecule has 88 valence electrons. The van der Waals surface area contributed by atoms with Crippen LogP contribution in [0.2, 0.25) is 0 Å². The number of nitrogens with zero attached hydrogens (tertiary/aromatic N) is 4. The highest BCUT2D eigenvalue weighted by Crippen LogP contribution is 2.40. The minimum absolute atomic E-state index is 0.717. The molecule has 0 spiro atoms. The van der Waals surface area contributed by atoms with Gasteiger partial charge in [0, 0.05) is 25.0 Å². The highest BCUT2D eigenvalue weighted by Gasteiger charge is 2.39. The van der Waals surface area contributed by atoms with Crippen molar-refractivity contribution in [3.8, 4) is 0 Å². The van der Waals surface area contributed by atoms with Gasteiger partial charge in [0.25, 0.3) is 0 Å². The molecule has 4 nitrogen and oxygen atoms in total. The number of hydrogen-bond acceptors (Lipinski definition) is 3.